The van der Waals surface area contributed by atoms with E-state index >= 15 is 0 Å². The van der Waals surface area contributed by atoms with E-state index in [-0.39, 0.29) is 5.97 Å². The summed E-state index contributed by atoms with van der Waals surface area (Å²) in [5.74, 6) is 0.261. The first-order chi connectivity index (χ1) is 12.0. The first kappa shape index (κ1) is 19.8. The van der Waals surface area contributed by atoms with Crippen LogP contribution in [-0.2, 0) is 16.1 Å². The minimum Gasteiger partial charge on any atom is -0.444 e. The zero-order chi connectivity index (χ0) is 19.5. The Morgan fingerprint density at radius 3 is 2.42 bits per heavy atom. The Kier molecular flexibility index (Phi) is 5.64. The topological polar surface area (TPSA) is 80.4 Å². The van der Waals surface area contributed by atoms with Gasteiger partial charge < -0.3 is 19.8 Å². The van der Waals surface area contributed by atoms with Crippen molar-refractivity contribution in [3.63, 3.8) is 0 Å². The van der Waals surface area contributed by atoms with Crippen LogP contribution in [0, 0.1) is 5.41 Å². The minimum atomic E-state index is -0.532. The van der Waals surface area contributed by atoms with Gasteiger partial charge in [-0.15, -0.1) is 0 Å². The highest BCUT2D eigenvalue weighted by Gasteiger charge is 2.27. The van der Waals surface area contributed by atoms with Crippen molar-refractivity contribution in [3.05, 3.63) is 30.0 Å². The lowest BCUT2D eigenvalue weighted by Crippen LogP contribution is -2.32. The highest BCUT2D eigenvalue weighted by Crippen LogP contribution is 2.26. The number of benzene rings is 1. The molecule has 2 N–H and O–H groups in total. The van der Waals surface area contributed by atoms with Gasteiger partial charge in [0.25, 0.3) is 0 Å². The SMILES string of the molecule is CCC(C)(C)C(=O)Oc1ccc2[nH]c(CNC(=O)OC(C)(C)C)cc2c1. The van der Waals surface area contributed by atoms with Crippen LogP contribution in [0.25, 0.3) is 10.9 Å². The molecule has 6 heteroatoms. The van der Waals surface area contributed by atoms with E-state index < -0.39 is 17.1 Å². The number of aromatic nitrogens is 1. The number of alkyl carbamates (subject to hydrolysis) is 1. The van der Waals surface area contributed by atoms with Gasteiger partial charge in [-0.3, -0.25) is 4.79 Å². The fourth-order valence-electron chi connectivity index (χ4n) is 2.20. The van der Waals surface area contributed by atoms with Crippen molar-refractivity contribution in [3.8, 4) is 5.75 Å². The van der Waals surface area contributed by atoms with Crippen LogP contribution in [0.15, 0.2) is 24.3 Å². The number of nitrogens with one attached hydrogen (secondary N) is 2. The van der Waals surface area contributed by atoms with Crippen molar-refractivity contribution in [2.75, 3.05) is 0 Å². The summed E-state index contributed by atoms with van der Waals surface area (Å²) in [6, 6.07) is 7.34. The molecule has 0 bridgehead atoms. The fourth-order valence-corrected chi connectivity index (χ4v) is 2.20. The van der Waals surface area contributed by atoms with Crippen LogP contribution in [0.4, 0.5) is 4.79 Å². The van der Waals surface area contributed by atoms with E-state index in [0.29, 0.717) is 18.7 Å². The fraction of sp³-hybridized carbons (Fsp3) is 0.500. The normalized spacial score (nSPS) is 12.1. The molecular formula is C20H28N2O4. The van der Waals surface area contributed by atoms with E-state index in [9.17, 15) is 9.59 Å². The van der Waals surface area contributed by atoms with E-state index in [4.69, 9.17) is 9.47 Å². The number of aromatic amines is 1. The molecule has 1 aromatic heterocycles. The van der Waals surface area contributed by atoms with Crippen molar-refractivity contribution in [1.82, 2.24) is 10.3 Å². The molecule has 2 aromatic rings. The van der Waals surface area contributed by atoms with E-state index in [2.05, 4.69) is 10.3 Å². The summed E-state index contributed by atoms with van der Waals surface area (Å²) in [6.45, 7) is 11.5. The van der Waals surface area contributed by atoms with Gasteiger partial charge in [0, 0.05) is 16.6 Å². The van der Waals surface area contributed by atoms with Crippen LogP contribution in [0.1, 0.15) is 53.7 Å². The van der Waals surface area contributed by atoms with E-state index in [0.717, 1.165) is 16.6 Å². The van der Waals surface area contributed by atoms with Gasteiger partial charge in [-0.25, -0.2) is 4.79 Å². The van der Waals surface area contributed by atoms with Gasteiger partial charge in [0.2, 0.25) is 0 Å². The summed E-state index contributed by atoms with van der Waals surface area (Å²) in [7, 11) is 0. The van der Waals surface area contributed by atoms with Crippen LogP contribution < -0.4 is 10.1 Å². The molecule has 1 aromatic carbocycles. The molecule has 6 nitrogen and oxygen atoms in total. The quantitative estimate of drug-likeness (QED) is 0.606. The van der Waals surface area contributed by atoms with Gasteiger partial charge in [-0.1, -0.05) is 6.92 Å². The maximum Gasteiger partial charge on any atom is 0.407 e. The number of carbonyl (C=O) groups is 2. The van der Waals surface area contributed by atoms with Crippen LogP contribution >= 0.6 is 0 Å². The molecule has 0 spiro atoms. The molecule has 0 aliphatic rings. The molecule has 0 atom stereocenters. The molecule has 1 amide bonds. The first-order valence-electron chi connectivity index (χ1n) is 8.81. The molecule has 2 rings (SSSR count). The van der Waals surface area contributed by atoms with Crippen LogP contribution in [-0.4, -0.2) is 22.6 Å². The highest BCUT2D eigenvalue weighted by molar-refractivity contribution is 5.84. The Bertz CT molecular complexity index is 800. The minimum absolute atomic E-state index is 0.248. The van der Waals surface area contributed by atoms with Crippen molar-refractivity contribution >= 4 is 23.0 Å². The zero-order valence-electron chi connectivity index (χ0n) is 16.4. The van der Waals surface area contributed by atoms with Crippen molar-refractivity contribution in [2.24, 2.45) is 5.41 Å². The van der Waals surface area contributed by atoms with E-state index in [1.807, 2.05) is 59.7 Å². The zero-order valence-corrected chi connectivity index (χ0v) is 16.4. The number of amides is 1. The number of rotatable bonds is 5. The van der Waals surface area contributed by atoms with Gasteiger partial charge in [-0.2, -0.15) is 0 Å². The molecule has 0 aliphatic heterocycles. The number of ether oxygens (including phenoxy) is 2. The average molecular weight is 360 g/mol. The third-order valence-corrected chi connectivity index (χ3v) is 4.12. The lowest BCUT2D eigenvalue weighted by atomic mass is 9.91. The average Bonchev–Trinajstić information content (AvgIpc) is 2.93. The highest BCUT2D eigenvalue weighted by atomic mass is 16.6. The number of carbonyl (C=O) groups excluding carboxylic acids is 2. The molecular weight excluding hydrogens is 332 g/mol. The second kappa shape index (κ2) is 7.40. The molecule has 0 fully saturated rings. The van der Waals surface area contributed by atoms with Gasteiger partial charge >= 0.3 is 12.1 Å². The third-order valence-electron chi connectivity index (χ3n) is 4.12. The predicted octanol–water partition coefficient (Wildman–Crippen LogP) is 4.53. The maximum atomic E-state index is 12.2. The third kappa shape index (κ3) is 5.25. The van der Waals surface area contributed by atoms with Gasteiger partial charge in [0.05, 0.1) is 12.0 Å². The Labute approximate surface area is 154 Å². The molecule has 0 saturated carbocycles. The van der Waals surface area contributed by atoms with Gasteiger partial charge in [0.1, 0.15) is 11.4 Å². The van der Waals surface area contributed by atoms with E-state index in [1.54, 1.807) is 6.07 Å². The molecule has 0 saturated heterocycles. The summed E-state index contributed by atoms with van der Waals surface area (Å²) in [6.07, 6.45) is 0.242. The second-order valence-corrected chi connectivity index (χ2v) is 8.03. The summed E-state index contributed by atoms with van der Waals surface area (Å²) >= 11 is 0. The largest absolute Gasteiger partial charge is 0.444 e. The summed E-state index contributed by atoms with van der Waals surface area (Å²) in [5.41, 5.74) is 0.689. The standard InChI is InChI=1S/C20H28N2O4/c1-7-20(5,6)17(23)25-15-8-9-16-13(11-15)10-14(22-16)12-21-18(24)26-19(2,3)4/h8-11,22H,7,12H2,1-6H3,(H,21,24). The number of H-pyrrole nitrogens is 1. The molecule has 26 heavy (non-hydrogen) atoms. The number of esters is 1. The summed E-state index contributed by atoms with van der Waals surface area (Å²) < 4.78 is 10.7. The Morgan fingerprint density at radius 2 is 1.81 bits per heavy atom. The Hall–Kier alpha value is -2.50. The Balaban J connectivity index is 2.05. The van der Waals surface area contributed by atoms with E-state index in [1.165, 1.54) is 0 Å². The number of hydrogen-bond donors (Lipinski definition) is 2. The number of fused-ring (bicyclic) bond motifs is 1. The summed E-state index contributed by atoms with van der Waals surface area (Å²) in [5, 5.41) is 3.62. The molecule has 0 radical (unpaired) electrons. The van der Waals surface area contributed by atoms with Gasteiger partial charge in [0.15, 0.2) is 0 Å². The van der Waals surface area contributed by atoms with Crippen molar-refractivity contribution in [1.29, 1.82) is 0 Å². The molecule has 1 heterocycles. The lowest BCUT2D eigenvalue weighted by molar-refractivity contribution is -0.144. The van der Waals surface area contributed by atoms with Crippen LogP contribution in [0.2, 0.25) is 0 Å². The Morgan fingerprint density at radius 1 is 1.12 bits per heavy atom. The first-order valence-corrected chi connectivity index (χ1v) is 8.81. The van der Waals surface area contributed by atoms with Crippen LogP contribution in [0.3, 0.4) is 0 Å². The smallest absolute Gasteiger partial charge is 0.407 e. The molecule has 0 aliphatic carbocycles. The summed E-state index contributed by atoms with van der Waals surface area (Å²) in [4.78, 5) is 27.2. The molecule has 0 unspecified atom stereocenters. The van der Waals surface area contributed by atoms with Crippen molar-refractivity contribution < 1.29 is 19.1 Å². The number of hydrogen-bond acceptors (Lipinski definition) is 4. The van der Waals surface area contributed by atoms with Crippen molar-refractivity contribution in [2.45, 2.75) is 60.1 Å². The predicted molar refractivity (Wildman–Crippen MR) is 101 cm³/mol. The monoisotopic (exact) mass is 360 g/mol. The maximum absolute atomic E-state index is 12.2. The van der Waals surface area contributed by atoms with Crippen LogP contribution in [0.5, 0.6) is 5.75 Å². The lowest BCUT2D eigenvalue weighted by Gasteiger charge is -2.20. The second-order valence-electron chi connectivity index (χ2n) is 8.03. The molecule has 142 valence electrons. The van der Waals surface area contributed by atoms with Gasteiger partial charge in [-0.05, 0) is 65.3 Å².